The van der Waals surface area contributed by atoms with E-state index in [-0.39, 0.29) is 5.59 Å². The van der Waals surface area contributed by atoms with Gasteiger partial charge in [-0.1, -0.05) is 0 Å². The monoisotopic (exact) mass is 291 g/mol. The molecule has 8 heteroatoms. The van der Waals surface area contributed by atoms with Gasteiger partial charge in [0.15, 0.2) is 0 Å². The van der Waals surface area contributed by atoms with Gasteiger partial charge < -0.3 is 9.31 Å². The lowest BCUT2D eigenvalue weighted by molar-refractivity contribution is -0.140. The Morgan fingerprint density at radius 1 is 1.05 bits per heavy atom. The third-order valence-electron chi connectivity index (χ3n) is 3.67. The van der Waals surface area contributed by atoms with Crippen molar-refractivity contribution in [1.29, 1.82) is 0 Å². The molecular formula is C12H14BF4NO2. The van der Waals surface area contributed by atoms with Gasteiger partial charge in [0.05, 0.1) is 16.8 Å². The minimum absolute atomic E-state index is 0.0193. The molecule has 1 fully saturated rings. The van der Waals surface area contributed by atoms with Crippen molar-refractivity contribution in [3.63, 3.8) is 0 Å². The molecule has 2 rings (SSSR count). The van der Waals surface area contributed by atoms with Crippen molar-refractivity contribution in [3.05, 3.63) is 23.6 Å². The molecule has 0 radical (unpaired) electrons. The quantitative estimate of drug-likeness (QED) is 0.452. The van der Waals surface area contributed by atoms with E-state index in [1.165, 1.54) is 0 Å². The third-order valence-corrected chi connectivity index (χ3v) is 3.67. The van der Waals surface area contributed by atoms with E-state index < -0.39 is 36.0 Å². The van der Waals surface area contributed by atoms with Crippen LogP contribution in [0.5, 0.6) is 0 Å². The maximum atomic E-state index is 13.4. The second-order valence-corrected chi connectivity index (χ2v) is 5.66. The fraction of sp³-hybridized carbons (Fsp3) is 0.583. The summed E-state index contributed by atoms with van der Waals surface area (Å²) < 4.78 is 62.0. The van der Waals surface area contributed by atoms with Crippen LogP contribution in [-0.2, 0) is 15.5 Å². The molecule has 1 aliphatic rings. The van der Waals surface area contributed by atoms with E-state index in [1.54, 1.807) is 27.7 Å². The summed E-state index contributed by atoms with van der Waals surface area (Å²) >= 11 is 0. The van der Waals surface area contributed by atoms with Crippen molar-refractivity contribution in [3.8, 4) is 0 Å². The van der Waals surface area contributed by atoms with Crippen molar-refractivity contribution < 1.29 is 26.9 Å². The van der Waals surface area contributed by atoms with Crippen molar-refractivity contribution in [2.45, 2.75) is 45.1 Å². The van der Waals surface area contributed by atoms with Crippen LogP contribution in [0.2, 0.25) is 0 Å². The highest BCUT2D eigenvalue weighted by molar-refractivity contribution is 6.61. The largest absolute Gasteiger partial charge is 0.514 e. The van der Waals surface area contributed by atoms with Crippen LogP contribution < -0.4 is 5.59 Å². The number of aromatic nitrogens is 1. The Kier molecular flexibility index (Phi) is 3.37. The van der Waals surface area contributed by atoms with E-state index in [4.69, 9.17) is 9.31 Å². The van der Waals surface area contributed by atoms with Crippen LogP contribution in [0.4, 0.5) is 17.6 Å². The average molecular weight is 291 g/mol. The lowest BCUT2D eigenvalue weighted by atomic mass is 9.84. The van der Waals surface area contributed by atoms with E-state index >= 15 is 0 Å². The van der Waals surface area contributed by atoms with Gasteiger partial charge in [0.2, 0.25) is 5.95 Å². The maximum absolute atomic E-state index is 13.4. The third kappa shape index (κ3) is 2.54. The Hall–Kier alpha value is -1.15. The van der Waals surface area contributed by atoms with Gasteiger partial charge in [0.1, 0.15) is 5.56 Å². The number of alkyl halides is 3. The Labute approximate surface area is 114 Å². The summed E-state index contributed by atoms with van der Waals surface area (Å²) in [4.78, 5) is 3.32. The molecule has 20 heavy (non-hydrogen) atoms. The second-order valence-electron chi connectivity index (χ2n) is 5.66. The average Bonchev–Trinajstić information content (AvgIpc) is 2.46. The van der Waals surface area contributed by atoms with E-state index in [0.29, 0.717) is 6.07 Å². The zero-order chi connectivity index (χ0) is 15.3. The Morgan fingerprint density at radius 2 is 1.55 bits per heavy atom. The fourth-order valence-electron chi connectivity index (χ4n) is 1.75. The normalized spacial score (nSPS) is 21.3. The van der Waals surface area contributed by atoms with Crippen LogP contribution in [0.3, 0.4) is 0 Å². The summed E-state index contributed by atoms with van der Waals surface area (Å²) in [7, 11) is -0.989. The first-order valence-corrected chi connectivity index (χ1v) is 6.03. The molecular weight excluding hydrogens is 277 g/mol. The van der Waals surface area contributed by atoms with Crippen molar-refractivity contribution in [1.82, 2.24) is 4.98 Å². The van der Waals surface area contributed by atoms with Crippen molar-refractivity contribution in [2.24, 2.45) is 0 Å². The SMILES string of the molecule is CC1(C)OB(c2ccc(C(F)(F)F)c(F)n2)OC1(C)C. The first kappa shape index (κ1) is 15.2. The maximum Gasteiger partial charge on any atom is 0.514 e. The standard InChI is InChI=1S/C12H14BF4NO2/c1-10(2)11(3,4)20-13(19-10)8-6-5-7(9(14)18-8)12(15,16)17/h5-6H,1-4H3. The van der Waals surface area contributed by atoms with Crippen LogP contribution in [0.25, 0.3) is 0 Å². The molecule has 0 aliphatic carbocycles. The lowest BCUT2D eigenvalue weighted by Crippen LogP contribution is -2.41. The second kappa shape index (κ2) is 4.43. The molecule has 1 saturated heterocycles. The van der Waals surface area contributed by atoms with Crippen molar-refractivity contribution in [2.75, 3.05) is 0 Å². The van der Waals surface area contributed by atoms with Gasteiger partial charge in [-0.15, -0.1) is 0 Å². The van der Waals surface area contributed by atoms with Gasteiger partial charge in [-0.3, -0.25) is 0 Å². The van der Waals surface area contributed by atoms with Crippen LogP contribution in [0.1, 0.15) is 33.3 Å². The number of nitrogens with zero attached hydrogens (tertiary/aromatic N) is 1. The smallest absolute Gasteiger partial charge is 0.398 e. The number of hydrogen-bond donors (Lipinski definition) is 0. The Bertz CT molecular complexity index is 515. The first-order valence-electron chi connectivity index (χ1n) is 6.03. The fourth-order valence-corrected chi connectivity index (χ4v) is 1.75. The molecule has 0 amide bonds. The van der Waals surface area contributed by atoms with Gasteiger partial charge in [-0.25, -0.2) is 4.98 Å². The van der Waals surface area contributed by atoms with Crippen molar-refractivity contribution >= 4 is 12.7 Å². The van der Waals surface area contributed by atoms with Gasteiger partial charge in [0.25, 0.3) is 0 Å². The molecule has 1 aliphatic heterocycles. The van der Waals surface area contributed by atoms with Crippen LogP contribution >= 0.6 is 0 Å². The highest BCUT2D eigenvalue weighted by atomic mass is 19.4. The van der Waals surface area contributed by atoms with Crippen LogP contribution in [-0.4, -0.2) is 23.3 Å². The van der Waals surface area contributed by atoms with Crippen LogP contribution in [0, 0.1) is 5.95 Å². The highest BCUT2D eigenvalue weighted by Crippen LogP contribution is 2.36. The van der Waals surface area contributed by atoms with Gasteiger partial charge in [-0.2, -0.15) is 17.6 Å². The Balaban J connectivity index is 2.31. The van der Waals surface area contributed by atoms with Crippen LogP contribution in [0.15, 0.2) is 12.1 Å². The molecule has 110 valence electrons. The summed E-state index contributed by atoms with van der Waals surface area (Å²) in [6.07, 6.45) is -4.77. The molecule has 0 bridgehead atoms. The first-order chi connectivity index (χ1) is 8.94. The predicted octanol–water partition coefficient (Wildman–Crippen LogP) is 2.54. The molecule has 1 aromatic rings. The minimum Gasteiger partial charge on any atom is -0.398 e. The number of pyridine rings is 1. The molecule has 3 nitrogen and oxygen atoms in total. The summed E-state index contributed by atoms with van der Waals surface area (Å²) in [5.74, 6) is -1.58. The molecule has 2 heterocycles. The topological polar surface area (TPSA) is 31.4 Å². The molecule has 0 unspecified atom stereocenters. The number of rotatable bonds is 1. The van der Waals surface area contributed by atoms with E-state index in [1.807, 2.05) is 0 Å². The highest BCUT2D eigenvalue weighted by Gasteiger charge is 2.52. The summed E-state index contributed by atoms with van der Waals surface area (Å²) in [6, 6.07) is 1.71. The zero-order valence-electron chi connectivity index (χ0n) is 11.5. The summed E-state index contributed by atoms with van der Waals surface area (Å²) in [5, 5.41) is 0. The lowest BCUT2D eigenvalue weighted by Gasteiger charge is -2.32. The van der Waals surface area contributed by atoms with Gasteiger partial charge in [-0.05, 0) is 39.8 Å². The van der Waals surface area contributed by atoms with Gasteiger partial charge >= 0.3 is 13.3 Å². The molecule has 0 aromatic carbocycles. The zero-order valence-corrected chi connectivity index (χ0v) is 11.5. The molecule has 0 spiro atoms. The van der Waals surface area contributed by atoms with Gasteiger partial charge in [0, 0.05) is 0 Å². The predicted molar refractivity (Wildman–Crippen MR) is 64.9 cm³/mol. The number of halogens is 4. The van der Waals surface area contributed by atoms with E-state index in [9.17, 15) is 17.6 Å². The Morgan fingerprint density at radius 3 is 1.95 bits per heavy atom. The molecule has 0 N–H and O–H groups in total. The molecule has 0 atom stereocenters. The number of hydrogen-bond acceptors (Lipinski definition) is 3. The minimum atomic E-state index is -4.77. The molecule has 0 saturated carbocycles. The van der Waals surface area contributed by atoms with E-state index in [2.05, 4.69) is 4.98 Å². The molecule has 1 aromatic heterocycles. The van der Waals surface area contributed by atoms with E-state index in [0.717, 1.165) is 6.07 Å². The summed E-state index contributed by atoms with van der Waals surface area (Å²) in [5.41, 5.74) is -2.76. The summed E-state index contributed by atoms with van der Waals surface area (Å²) in [6.45, 7) is 7.14.